The van der Waals surface area contributed by atoms with Gasteiger partial charge in [-0.2, -0.15) is 22.0 Å². The minimum absolute atomic E-state index is 0.0509. The number of benzene rings is 1. The molecule has 0 bridgehead atoms. The molecule has 202 valence electrons. The molecule has 15 heteroatoms. The maximum atomic E-state index is 14.9. The molecule has 0 N–H and O–H groups in total. The van der Waals surface area contributed by atoms with Gasteiger partial charge in [0.05, 0.1) is 16.5 Å². The molecule has 1 saturated heterocycles. The Morgan fingerprint density at radius 1 is 1.21 bits per heavy atom. The van der Waals surface area contributed by atoms with Crippen LogP contribution in [0.4, 0.5) is 43.5 Å². The Labute approximate surface area is 220 Å². The predicted molar refractivity (Wildman–Crippen MR) is 130 cm³/mol. The highest BCUT2D eigenvalue weighted by atomic mass is 32.2. The normalized spacial score (nSPS) is 17.9. The average Bonchev–Trinajstić information content (AvgIpc) is 3.03. The van der Waals surface area contributed by atoms with Gasteiger partial charge in [0.25, 0.3) is 11.7 Å². The SMILES string of the molecule is [C-]#[N+]c1ncc(N2C(=O)C3(CCC3)N(c3ccc(OCS(=O)CC(F)(F)C(F)(F)F)c(F)c3)C2=S)cc1C. The third-order valence-corrected chi connectivity index (χ3v) is 7.70. The van der Waals surface area contributed by atoms with Crippen LogP contribution in [0.3, 0.4) is 0 Å². The largest absolute Gasteiger partial charge is 0.477 e. The van der Waals surface area contributed by atoms with Gasteiger partial charge < -0.3 is 14.5 Å². The summed E-state index contributed by atoms with van der Waals surface area (Å²) in [4.78, 5) is 23.6. The van der Waals surface area contributed by atoms with E-state index in [1.54, 1.807) is 13.0 Å². The summed E-state index contributed by atoms with van der Waals surface area (Å²) in [5.74, 6) is -10.0. The summed E-state index contributed by atoms with van der Waals surface area (Å²) in [6.45, 7) is 8.81. The summed E-state index contributed by atoms with van der Waals surface area (Å²) in [7, 11) is -2.76. The number of ether oxygens (including phenoxy) is 1. The van der Waals surface area contributed by atoms with Gasteiger partial charge in [0.2, 0.25) is 0 Å². The minimum atomic E-state index is -5.87. The first kappa shape index (κ1) is 27.8. The van der Waals surface area contributed by atoms with Crippen LogP contribution in [0.2, 0.25) is 0 Å². The molecule has 1 unspecified atom stereocenters. The molecule has 2 heterocycles. The smallest absolute Gasteiger partial charge is 0.454 e. The van der Waals surface area contributed by atoms with E-state index in [4.69, 9.17) is 23.5 Å². The number of pyridine rings is 1. The van der Waals surface area contributed by atoms with Crippen LogP contribution in [0, 0.1) is 19.3 Å². The highest BCUT2D eigenvalue weighted by molar-refractivity contribution is 7.84. The number of halogens is 6. The Hall–Kier alpha value is -3.25. The van der Waals surface area contributed by atoms with E-state index in [9.17, 15) is 35.3 Å². The summed E-state index contributed by atoms with van der Waals surface area (Å²) in [6, 6.07) is 5.01. The monoisotopic (exact) mass is 576 g/mol. The first-order valence-electron chi connectivity index (χ1n) is 11.0. The number of hydrogen-bond donors (Lipinski definition) is 0. The second-order valence-electron chi connectivity index (χ2n) is 8.75. The van der Waals surface area contributed by atoms with Crippen LogP contribution in [-0.4, -0.2) is 49.5 Å². The third-order valence-electron chi connectivity index (χ3n) is 6.27. The lowest BCUT2D eigenvalue weighted by atomic mass is 9.75. The van der Waals surface area contributed by atoms with Crippen LogP contribution in [0.5, 0.6) is 5.75 Å². The van der Waals surface area contributed by atoms with E-state index < -0.39 is 51.7 Å². The number of nitrogens with zero attached hydrogens (tertiary/aromatic N) is 4. The summed E-state index contributed by atoms with van der Waals surface area (Å²) in [5, 5.41) is 0.0509. The van der Waals surface area contributed by atoms with Gasteiger partial charge in [-0.15, -0.1) is 4.98 Å². The standard InChI is InChI=1S/C23H18F6N4O3S2/c1-13-8-15(10-31-18(13)30-2)32-19(34)21(6-3-7-21)33(20(32)37)14-4-5-17(16(24)9-14)36-12-38(35)11-22(25,26)23(27,28)29/h4-5,8-10H,3,6-7,11-12H2,1H3. The zero-order valence-corrected chi connectivity index (χ0v) is 21.2. The minimum Gasteiger partial charge on any atom is -0.477 e. The van der Waals surface area contributed by atoms with E-state index in [0.717, 1.165) is 12.1 Å². The Morgan fingerprint density at radius 3 is 2.42 bits per heavy atom. The van der Waals surface area contributed by atoms with Gasteiger partial charge in [0.15, 0.2) is 22.6 Å². The van der Waals surface area contributed by atoms with Crippen molar-refractivity contribution >= 4 is 51.2 Å². The van der Waals surface area contributed by atoms with Crippen LogP contribution in [-0.2, 0) is 15.6 Å². The van der Waals surface area contributed by atoms with Crippen molar-refractivity contribution in [1.82, 2.24) is 4.98 Å². The van der Waals surface area contributed by atoms with Crippen molar-refractivity contribution in [3.63, 3.8) is 0 Å². The maximum absolute atomic E-state index is 14.9. The van der Waals surface area contributed by atoms with E-state index in [2.05, 4.69) is 9.83 Å². The molecule has 7 nitrogen and oxygen atoms in total. The molecule has 2 fully saturated rings. The Balaban J connectivity index is 1.55. The Morgan fingerprint density at radius 2 is 1.89 bits per heavy atom. The van der Waals surface area contributed by atoms with Gasteiger partial charge >= 0.3 is 12.1 Å². The molecule has 1 aliphatic heterocycles. The molecule has 38 heavy (non-hydrogen) atoms. The number of rotatable bonds is 7. The molecule has 2 aliphatic rings. The van der Waals surface area contributed by atoms with Crippen LogP contribution in [0.15, 0.2) is 30.5 Å². The van der Waals surface area contributed by atoms with Crippen molar-refractivity contribution in [2.75, 3.05) is 21.5 Å². The molecule has 4 rings (SSSR count). The number of aromatic nitrogens is 1. The molecule has 1 atom stereocenters. The first-order valence-corrected chi connectivity index (χ1v) is 12.9. The zero-order chi connectivity index (χ0) is 28.0. The lowest BCUT2D eigenvalue weighted by Crippen LogP contribution is -2.55. The molecular formula is C23H18F6N4O3S2. The summed E-state index contributed by atoms with van der Waals surface area (Å²) < 4.78 is 94.6. The molecule has 1 aromatic heterocycles. The van der Waals surface area contributed by atoms with E-state index in [1.807, 2.05) is 0 Å². The lowest BCUT2D eigenvalue weighted by molar-refractivity contribution is -0.271. The fraction of sp³-hybridized carbons (Fsp3) is 0.391. The molecular weight excluding hydrogens is 558 g/mol. The lowest BCUT2D eigenvalue weighted by Gasteiger charge is -2.43. The van der Waals surface area contributed by atoms with Crippen molar-refractivity contribution in [2.24, 2.45) is 0 Å². The predicted octanol–water partition coefficient (Wildman–Crippen LogP) is 5.42. The van der Waals surface area contributed by atoms with Gasteiger partial charge in [0.1, 0.15) is 17.5 Å². The van der Waals surface area contributed by atoms with Gasteiger partial charge in [-0.1, -0.05) is 6.57 Å². The molecule has 1 aliphatic carbocycles. The number of alkyl halides is 5. The van der Waals surface area contributed by atoms with Crippen LogP contribution in [0.1, 0.15) is 24.8 Å². The molecule has 1 saturated carbocycles. The van der Waals surface area contributed by atoms with Crippen molar-refractivity contribution in [2.45, 2.75) is 43.8 Å². The summed E-state index contributed by atoms with van der Waals surface area (Å²) in [6.07, 6.45) is -2.95. The van der Waals surface area contributed by atoms with Crippen molar-refractivity contribution < 1.29 is 40.1 Å². The highest BCUT2D eigenvalue weighted by Gasteiger charge is 2.60. The maximum Gasteiger partial charge on any atom is 0.454 e. The van der Waals surface area contributed by atoms with Gasteiger partial charge in [-0.3, -0.25) is 13.9 Å². The third kappa shape index (κ3) is 4.71. The number of carbonyl (C=O) groups is 1. The van der Waals surface area contributed by atoms with Crippen molar-refractivity contribution in [3.8, 4) is 5.75 Å². The molecule has 1 aromatic carbocycles. The van der Waals surface area contributed by atoms with Gasteiger partial charge in [-0.25, -0.2) is 4.39 Å². The second-order valence-corrected chi connectivity index (χ2v) is 10.5. The van der Waals surface area contributed by atoms with E-state index in [-0.39, 0.29) is 22.5 Å². The van der Waals surface area contributed by atoms with E-state index >= 15 is 0 Å². The van der Waals surface area contributed by atoms with Crippen molar-refractivity contribution in [3.05, 3.63) is 53.3 Å². The number of amides is 1. The van der Waals surface area contributed by atoms with E-state index in [1.165, 1.54) is 22.1 Å². The number of hydrogen-bond acceptors (Lipinski definition) is 5. The van der Waals surface area contributed by atoms with E-state index in [0.29, 0.717) is 30.5 Å². The van der Waals surface area contributed by atoms with Crippen molar-refractivity contribution in [1.29, 1.82) is 0 Å². The summed E-state index contributed by atoms with van der Waals surface area (Å²) >= 11 is 5.58. The average molecular weight is 577 g/mol. The molecule has 0 radical (unpaired) electrons. The number of anilines is 2. The van der Waals surface area contributed by atoms with Crippen LogP contribution in [0.25, 0.3) is 4.85 Å². The molecule has 1 spiro atoms. The fourth-order valence-corrected chi connectivity index (χ4v) is 5.58. The van der Waals surface area contributed by atoms with Gasteiger partial charge in [0, 0.05) is 11.8 Å². The quantitative estimate of drug-likeness (QED) is 0.249. The number of carbonyl (C=O) groups excluding carboxylic acids is 1. The van der Waals surface area contributed by atoms with Crippen LogP contribution < -0.4 is 14.5 Å². The topological polar surface area (TPSA) is 67.1 Å². The first-order chi connectivity index (χ1) is 17.7. The number of thiocarbonyl (C=S) groups is 1. The van der Waals surface area contributed by atoms with Gasteiger partial charge in [-0.05, 0) is 62.2 Å². The molecule has 2 aromatic rings. The molecule has 1 amide bonds. The Kier molecular flexibility index (Phi) is 7.17. The Bertz CT molecular complexity index is 1370. The summed E-state index contributed by atoms with van der Waals surface area (Å²) in [5.41, 5.74) is -0.00452. The fourth-order valence-electron chi connectivity index (χ4n) is 4.20. The highest BCUT2D eigenvalue weighted by Crippen LogP contribution is 2.48. The second kappa shape index (κ2) is 9.81. The number of aryl methyl sites for hydroxylation is 1. The van der Waals surface area contributed by atoms with Crippen LogP contribution >= 0.6 is 12.2 Å². The zero-order valence-electron chi connectivity index (χ0n) is 19.5.